The summed E-state index contributed by atoms with van der Waals surface area (Å²) in [7, 11) is 0. The molecular formula is C19H15F2N3O. The second-order valence-corrected chi connectivity index (χ2v) is 6.37. The van der Waals surface area contributed by atoms with Gasteiger partial charge < -0.3 is 10.5 Å². The molecule has 0 amide bonds. The van der Waals surface area contributed by atoms with Crippen molar-refractivity contribution in [2.45, 2.75) is 24.3 Å². The van der Waals surface area contributed by atoms with Gasteiger partial charge in [-0.15, -0.1) is 0 Å². The summed E-state index contributed by atoms with van der Waals surface area (Å²) in [5.74, 6) is -3.13. The third-order valence-corrected chi connectivity index (χ3v) is 4.94. The first-order chi connectivity index (χ1) is 11.9. The molecule has 0 fully saturated rings. The topological polar surface area (TPSA) is 71.4 Å². The number of nitrogens with two attached hydrogens (primary N) is 1. The molecule has 2 aliphatic rings. The standard InChI is InChI=1S/C19H15F2N3O/c20-19(21)11-25-17(23)24-18(19)7-6-13-4-5-15(9-16(13)18)14-3-1-2-12(8-14)10-22/h1-5,8-9H,6-7,11H2,(H2,23,24). The van der Waals surface area contributed by atoms with Crippen LogP contribution in [0.1, 0.15) is 23.1 Å². The molecule has 1 aliphatic carbocycles. The fraction of sp³-hybridized carbons (Fsp3) is 0.263. The molecule has 0 radical (unpaired) electrons. The number of nitrogens with zero attached hydrogens (tertiary/aromatic N) is 2. The minimum atomic E-state index is -3.13. The third kappa shape index (κ3) is 2.27. The molecule has 1 unspecified atom stereocenters. The van der Waals surface area contributed by atoms with E-state index in [0.717, 1.165) is 16.7 Å². The SMILES string of the molecule is N#Cc1cccc(-c2ccc3c(c2)C2(CC3)N=C(N)OCC2(F)F)c1. The van der Waals surface area contributed by atoms with Gasteiger partial charge in [-0.25, -0.2) is 4.99 Å². The highest BCUT2D eigenvalue weighted by Crippen LogP contribution is 2.52. The van der Waals surface area contributed by atoms with Crippen molar-refractivity contribution < 1.29 is 13.5 Å². The number of nitriles is 1. The largest absolute Gasteiger partial charge is 0.459 e. The van der Waals surface area contributed by atoms with E-state index in [9.17, 15) is 8.78 Å². The maximum atomic E-state index is 14.7. The van der Waals surface area contributed by atoms with Gasteiger partial charge in [0.15, 0.2) is 12.1 Å². The molecule has 0 saturated carbocycles. The molecule has 126 valence electrons. The molecular weight excluding hydrogens is 324 g/mol. The van der Waals surface area contributed by atoms with Crippen LogP contribution in [0.4, 0.5) is 8.78 Å². The van der Waals surface area contributed by atoms with E-state index in [1.165, 1.54) is 0 Å². The number of aryl methyl sites for hydroxylation is 1. The highest BCUT2D eigenvalue weighted by molar-refractivity contribution is 5.74. The Balaban J connectivity index is 1.88. The van der Waals surface area contributed by atoms with E-state index in [1.807, 2.05) is 18.2 Å². The smallest absolute Gasteiger partial charge is 0.310 e. The zero-order valence-electron chi connectivity index (χ0n) is 13.3. The Kier molecular flexibility index (Phi) is 3.29. The van der Waals surface area contributed by atoms with Gasteiger partial charge in [0.2, 0.25) is 0 Å². The van der Waals surface area contributed by atoms with E-state index >= 15 is 0 Å². The zero-order valence-corrected chi connectivity index (χ0v) is 13.3. The van der Waals surface area contributed by atoms with Crippen LogP contribution in [0.3, 0.4) is 0 Å². The van der Waals surface area contributed by atoms with E-state index in [2.05, 4.69) is 11.1 Å². The molecule has 4 nitrogen and oxygen atoms in total. The lowest BCUT2D eigenvalue weighted by molar-refractivity contribution is -0.121. The average molecular weight is 339 g/mol. The predicted octanol–water partition coefficient (Wildman–Crippen LogP) is 3.35. The van der Waals surface area contributed by atoms with Crippen LogP contribution in [0.15, 0.2) is 47.5 Å². The Morgan fingerprint density at radius 2 is 1.96 bits per heavy atom. The Morgan fingerprint density at radius 3 is 2.76 bits per heavy atom. The van der Waals surface area contributed by atoms with Gasteiger partial charge in [0, 0.05) is 0 Å². The summed E-state index contributed by atoms with van der Waals surface area (Å²) in [4.78, 5) is 4.05. The lowest BCUT2D eigenvalue weighted by Gasteiger charge is -2.37. The minimum Gasteiger partial charge on any atom is -0.459 e. The van der Waals surface area contributed by atoms with Crippen molar-refractivity contribution in [2.75, 3.05) is 6.61 Å². The number of rotatable bonds is 1. The highest BCUT2D eigenvalue weighted by Gasteiger charge is 2.60. The summed E-state index contributed by atoms with van der Waals surface area (Å²) >= 11 is 0. The van der Waals surface area contributed by atoms with Crippen LogP contribution < -0.4 is 5.73 Å². The van der Waals surface area contributed by atoms with Crippen LogP contribution in [-0.2, 0) is 16.7 Å². The quantitative estimate of drug-likeness (QED) is 0.866. The Labute approximate surface area is 143 Å². The number of amidine groups is 1. The van der Waals surface area contributed by atoms with Crippen molar-refractivity contribution in [1.29, 1.82) is 5.26 Å². The fourth-order valence-electron chi connectivity index (χ4n) is 3.66. The molecule has 2 aromatic carbocycles. The Hall–Kier alpha value is -2.94. The van der Waals surface area contributed by atoms with E-state index < -0.39 is 18.1 Å². The number of halogens is 2. The first-order valence-corrected chi connectivity index (χ1v) is 7.95. The number of benzene rings is 2. The first-order valence-electron chi connectivity index (χ1n) is 7.95. The molecule has 0 bridgehead atoms. The van der Waals surface area contributed by atoms with Crippen molar-refractivity contribution in [3.8, 4) is 17.2 Å². The van der Waals surface area contributed by atoms with Gasteiger partial charge in [-0.05, 0) is 53.3 Å². The number of hydrogen-bond donors (Lipinski definition) is 1. The van der Waals surface area contributed by atoms with Crippen LogP contribution in [0.25, 0.3) is 11.1 Å². The fourth-order valence-corrected chi connectivity index (χ4v) is 3.66. The Morgan fingerprint density at radius 1 is 1.16 bits per heavy atom. The van der Waals surface area contributed by atoms with Crippen molar-refractivity contribution in [2.24, 2.45) is 10.7 Å². The predicted molar refractivity (Wildman–Crippen MR) is 89.1 cm³/mol. The molecule has 1 atom stereocenters. The van der Waals surface area contributed by atoms with E-state index in [4.69, 9.17) is 15.7 Å². The van der Waals surface area contributed by atoms with Crippen LogP contribution in [-0.4, -0.2) is 18.6 Å². The van der Waals surface area contributed by atoms with Crippen LogP contribution in [0.5, 0.6) is 0 Å². The second kappa shape index (κ2) is 5.28. The van der Waals surface area contributed by atoms with Crippen LogP contribution >= 0.6 is 0 Å². The van der Waals surface area contributed by atoms with Gasteiger partial charge in [0.1, 0.15) is 0 Å². The summed E-state index contributed by atoms with van der Waals surface area (Å²) < 4.78 is 34.3. The summed E-state index contributed by atoms with van der Waals surface area (Å²) in [6.45, 7) is -0.768. The van der Waals surface area contributed by atoms with E-state index in [-0.39, 0.29) is 12.4 Å². The van der Waals surface area contributed by atoms with Crippen LogP contribution in [0, 0.1) is 11.3 Å². The van der Waals surface area contributed by atoms with Gasteiger partial charge in [0.25, 0.3) is 6.02 Å². The third-order valence-electron chi connectivity index (χ3n) is 4.94. The minimum absolute atomic E-state index is 0.196. The van der Waals surface area contributed by atoms with Crippen molar-refractivity contribution in [1.82, 2.24) is 0 Å². The van der Waals surface area contributed by atoms with Crippen LogP contribution in [0.2, 0.25) is 0 Å². The molecule has 1 aliphatic heterocycles. The molecule has 2 N–H and O–H groups in total. The van der Waals surface area contributed by atoms with Gasteiger partial charge >= 0.3 is 5.92 Å². The summed E-state index contributed by atoms with van der Waals surface area (Å²) in [6.07, 6.45) is 0.710. The van der Waals surface area contributed by atoms with Gasteiger partial charge in [0.05, 0.1) is 11.6 Å². The van der Waals surface area contributed by atoms with E-state index in [0.29, 0.717) is 17.5 Å². The van der Waals surface area contributed by atoms with Crippen molar-refractivity contribution >= 4 is 6.02 Å². The number of aliphatic imine (C=N–C) groups is 1. The van der Waals surface area contributed by atoms with E-state index in [1.54, 1.807) is 24.3 Å². The highest BCUT2D eigenvalue weighted by atomic mass is 19.3. The molecule has 2 aromatic rings. The molecule has 1 spiro atoms. The van der Waals surface area contributed by atoms with Gasteiger partial charge in [-0.2, -0.15) is 14.0 Å². The van der Waals surface area contributed by atoms with Crippen molar-refractivity contribution in [3.05, 3.63) is 59.2 Å². The summed E-state index contributed by atoms with van der Waals surface area (Å²) in [6, 6.07) is 14.4. The monoisotopic (exact) mass is 339 g/mol. The molecule has 4 rings (SSSR count). The molecule has 6 heteroatoms. The van der Waals surface area contributed by atoms with Gasteiger partial charge in [-0.1, -0.05) is 24.3 Å². The number of fused-ring (bicyclic) bond motifs is 2. The average Bonchev–Trinajstić information content (AvgIpc) is 2.98. The molecule has 0 aromatic heterocycles. The maximum Gasteiger partial charge on any atom is 0.310 e. The summed E-state index contributed by atoms with van der Waals surface area (Å²) in [5.41, 5.74) is 7.37. The lowest BCUT2D eigenvalue weighted by atomic mass is 9.84. The Bertz CT molecular complexity index is 933. The number of ether oxygens (including phenoxy) is 1. The zero-order chi connectivity index (χ0) is 17.7. The van der Waals surface area contributed by atoms with Gasteiger partial charge in [-0.3, -0.25) is 0 Å². The maximum absolute atomic E-state index is 14.7. The number of hydrogen-bond acceptors (Lipinski definition) is 4. The number of alkyl halides is 2. The first kappa shape index (κ1) is 15.6. The normalized spacial score (nSPS) is 23.5. The summed E-state index contributed by atoms with van der Waals surface area (Å²) in [5, 5.41) is 9.07. The lowest BCUT2D eigenvalue weighted by Crippen LogP contribution is -2.51. The van der Waals surface area contributed by atoms with Crippen molar-refractivity contribution in [3.63, 3.8) is 0 Å². The molecule has 0 saturated heterocycles. The molecule has 1 heterocycles. The molecule has 25 heavy (non-hydrogen) atoms. The second-order valence-electron chi connectivity index (χ2n) is 6.37.